The fraction of sp³-hybridized carbons (Fsp3) is 1.00. The molecule has 0 bridgehead atoms. The highest BCUT2D eigenvalue weighted by Crippen LogP contribution is 2.47. The van der Waals surface area contributed by atoms with Gasteiger partial charge in [-0.3, -0.25) is 0 Å². The Hall–Kier alpha value is 0.560. The van der Waals surface area contributed by atoms with E-state index in [0.717, 1.165) is 6.06 Å². The monoisotopic (exact) mass is 114 g/mol. The van der Waals surface area contributed by atoms with Crippen LogP contribution >= 0.6 is 7.26 Å². The summed E-state index contributed by atoms with van der Waals surface area (Å²) in [5.74, 6) is 0. The molecule has 0 spiro atoms. The molecule has 0 aromatic carbocycles. The Morgan fingerprint density at radius 1 is 1.57 bits per heavy atom. The highest BCUT2D eigenvalue weighted by molar-refractivity contribution is 7.76. The summed E-state index contributed by atoms with van der Waals surface area (Å²) in [4.78, 5) is 0. The maximum absolute atomic E-state index is 3.88. The van der Waals surface area contributed by atoms with Crippen LogP contribution in [0.2, 0.25) is 0 Å². The molecule has 0 saturated heterocycles. The zero-order chi connectivity index (χ0) is 5.91. The average molecular weight is 114 g/mol. The van der Waals surface area contributed by atoms with E-state index in [1.165, 1.54) is 6.06 Å². The molecule has 0 aliphatic carbocycles. The van der Waals surface area contributed by atoms with Gasteiger partial charge >= 0.3 is 0 Å². The number of rotatable bonds is 2. The maximum Gasteiger partial charge on any atom is 0.150 e. The molecule has 0 heterocycles. The SMILES string of the molecule is [BH-]C[P+](C)(C)CB. The minimum Gasteiger partial charge on any atom is -0.308 e. The van der Waals surface area contributed by atoms with E-state index in [2.05, 4.69) is 29.0 Å². The van der Waals surface area contributed by atoms with Gasteiger partial charge in [-0.25, -0.2) is 0 Å². The highest BCUT2D eigenvalue weighted by Gasteiger charge is 2.11. The largest absolute Gasteiger partial charge is 0.308 e. The molecule has 3 heteroatoms. The molecule has 0 aliphatic heterocycles. The summed E-state index contributed by atoms with van der Waals surface area (Å²) < 4.78 is 0. The molecule has 0 fully saturated rings. The van der Waals surface area contributed by atoms with Crippen molar-refractivity contribution in [3.63, 3.8) is 0 Å². The van der Waals surface area contributed by atoms with Crippen LogP contribution in [-0.4, -0.2) is 41.1 Å². The fourth-order valence-electron chi connectivity index (χ4n) is 0.158. The Morgan fingerprint density at radius 3 is 2.00 bits per heavy atom. The molecule has 0 N–H and O–H groups in total. The molecule has 0 aromatic heterocycles. The third kappa shape index (κ3) is 3.17. The summed E-state index contributed by atoms with van der Waals surface area (Å²) >= 11 is 0. The van der Waals surface area contributed by atoms with Crippen molar-refractivity contribution in [3.05, 3.63) is 0 Å². The third-order valence-corrected chi connectivity index (χ3v) is 4.38. The normalized spacial score (nSPS) is 11.9. The van der Waals surface area contributed by atoms with E-state index in [9.17, 15) is 0 Å². The Morgan fingerprint density at radius 2 is 2.00 bits per heavy atom. The summed E-state index contributed by atoms with van der Waals surface area (Å²) in [5.41, 5.74) is 0. The van der Waals surface area contributed by atoms with Crippen molar-refractivity contribution in [2.75, 3.05) is 25.5 Å². The Bertz CT molecular complexity index is 47.7. The van der Waals surface area contributed by atoms with Gasteiger partial charge < -0.3 is 7.85 Å². The first-order valence-corrected chi connectivity index (χ1v) is 5.79. The number of hydrogen-bond donors (Lipinski definition) is 0. The molecule has 0 saturated carbocycles. The van der Waals surface area contributed by atoms with Crippen LogP contribution in [0.25, 0.3) is 0 Å². The molecular weight excluding hydrogens is 101 g/mol. The van der Waals surface area contributed by atoms with Gasteiger partial charge in [0.05, 0.1) is 0 Å². The fourth-order valence-corrected chi connectivity index (χ4v) is 0.474. The lowest BCUT2D eigenvalue weighted by atomic mass is 10.2. The predicted octanol–water partition coefficient (Wildman–Crippen LogP) is -0.287. The van der Waals surface area contributed by atoms with Crippen molar-refractivity contribution in [1.82, 2.24) is 0 Å². The van der Waals surface area contributed by atoms with Crippen LogP contribution in [0.5, 0.6) is 0 Å². The summed E-state index contributed by atoms with van der Waals surface area (Å²) in [6, 6.07) is 2.50. The first-order chi connectivity index (χ1) is 3.12. The smallest absolute Gasteiger partial charge is 0.150 e. The van der Waals surface area contributed by atoms with E-state index < -0.39 is 7.26 Å². The minimum atomic E-state index is -0.515. The second kappa shape index (κ2) is 2.77. The van der Waals surface area contributed by atoms with Crippen molar-refractivity contribution >= 4 is 23.0 Å². The van der Waals surface area contributed by atoms with Crippen LogP contribution in [0.4, 0.5) is 0 Å². The maximum atomic E-state index is 3.88. The average Bonchev–Trinajstić information content (AvgIpc) is 1.68. The molecule has 0 aliphatic rings. The predicted molar refractivity (Wildman–Crippen MR) is 44.2 cm³/mol. The van der Waals surface area contributed by atoms with Gasteiger partial charge in [0.2, 0.25) is 0 Å². The molecule has 40 valence electrons. The lowest BCUT2D eigenvalue weighted by molar-refractivity contribution is 1.82. The molecule has 0 unspecified atom stereocenters. The van der Waals surface area contributed by atoms with Gasteiger partial charge in [0.1, 0.15) is 7.85 Å². The standard InChI is InChI=1S/C4H13B2P/c1-7(2,3-5)4-6/h5H,3-4,6H2,1-2H3. The molecule has 0 amide bonds. The van der Waals surface area contributed by atoms with Gasteiger partial charge in [0.15, 0.2) is 0 Å². The molecule has 0 rings (SSSR count). The van der Waals surface area contributed by atoms with Crippen molar-refractivity contribution in [2.45, 2.75) is 0 Å². The zero-order valence-corrected chi connectivity index (χ0v) is 6.46. The van der Waals surface area contributed by atoms with Crippen molar-refractivity contribution in [2.24, 2.45) is 0 Å². The summed E-state index contributed by atoms with van der Waals surface area (Å²) in [5, 5.41) is 0. The van der Waals surface area contributed by atoms with Crippen LogP contribution < -0.4 is 0 Å². The molecule has 0 atom stereocenters. The second-order valence-corrected chi connectivity index (χ2v) is 7.43. The Labute approximate surface area is 49.2 Å². The van der Waals surface area contributed by atoms with Crippen LogP contribution in [0.15, 0.2) is 0 Å². The zero-order valence-electron chi connectivity index (χ0n) is 5.57. The minimum absolute atomic E-state index is 0.515. The van der Waals surface area contributed by atoms with E-state index in [-0.39, 0.29) is 0 Å². The van der Waals surface area contributed by atoms with E-state index in [4.69, 9.17) is 0 Å². The van der Waals surface area contributed by atoms with Gasteiger partial charge in [0, 0.05) is 19.4 Å². The second-order valence-electron chi connectivity index (χ2n) is 2.48. The summed E-state index contributed by atoms with van der Waals surface area (Å²) in [6.45, 7) is 4.69. The molecular formula is C4H13B2P. The Kier molecular flexibility index (Phi) is 2.99. The molecule has 0 aromatic rings. The lowest BCUT2D eigenvalue weighted by Gasteiger charge is -2.17. The van der Waals surface area contributed by atoms with Gasteiger partial charge in [0.25, 0.3) is 0 Å². The highest BCUT2D eigenvalue weighted by atomic mass is 31.2. The van der Waals surface area contributed by atoms with Gasteiger partial charge in [-0.2, -0.15) is 0 Å². The van der Waals surface area contributed by atoms with Crippen molar-refractivity contribution in [1.29, 1.82) is 0 Å². The lowest BCUT2D eigenvalue weighted by Crippen LogP contribution is -1.98. The van der Waals surface area contributed by atoms with Crippen molar-refractivity contribution in [3.8, 4) is 0 Å². The Balaban J connectivity index is 3.36. The first kappa shape index (κ1) is 7.56. The molecule has 7 heavy (non-hydrogen) atoms. The summed E-state index contributed by atoms with van der Waals surface area (Å²) in [7, 11) is 5.61. The molecule has 2 radical (unpaired) electrons. The summed E-state index contributed by atoms with van der Waals surface area (Å²) in [6.07, 6.45) is 0. The van der Waals surface area contributed by atoms with Gasteiger partial charge in [-0.1, -0.05) is 0 Å². The number of hydrogen-bond acceptors (Lipinski definition) is 0. The molecule has 0 nitrogen and oxygen atoms in total. The van der Waals surface area contributed by atoms with Gasteiger partial charge in [-0.05, 0) is 7.26 Å². The van der Waals surface area contributed by atoms with E-state index in [1.807, 2.05) is 0 Å². The van der Waals surface area contributed by atoms with Gasteiger partial charge in [-0.15, -0.1) is 6.06 Å². The van der Waals surface area contributed by atoms with Crippen LogP contribution in [0.3, 0.4) is 0 Å². The van der Waals surface area contributed by atoms with E-state index in [1.54, 1.807) is 0 Å². The van der Waals surface area contributed by atoms with Crippen LogP contribution in [-0.2, 0) is 0 Å². The van der Waals surface area contributed by atoms with Crippen LogP contribution in [0, 0.1) is 0 Å². The first-order valence-electron chi connectivity index (χ1n) is 2.73. The topological polar surface area (TPSA) is 0 Å². The van der Waals surface area contributed by atoms with E-state index in [0.29, 0.717) is 0 Å². The van der Waals surface area contributed by atoms with Crippen LogP contribution in [0.1, 0.15) is 0 Å². The quantitative estimate of drug-likeness (QED) is 0.341. The van der Waals surface area contributed by atoms with E-state index >= 15 is 0 Å². The third-order valence-electron chi connectivity index (χ3n) is 1.46. The van der Waals surface area contributed by atoms with Crippen molar-refractivity contribution < 1.29 is 0 Å².